The van der Waals surface area contributed by atoms with Crippen LogP contribution in [0.4, 0.5) is 0 Å². The van der Waals surface area contributed by atoms with Crippen molar-refractivity contribution in [2.75, 3.05) is 32.8 Å². The van der Waals surface area contributed by atoms with Crippen molar-refractivity contribution in [2.24, 2.45) is 11.1 Å². The van der Waals surface area contributed by atoms with Crippen LogP contribution in [-0.2, 0) is 4.74 Å². The van der Waals surface area contributed by atoms with Crippen LogP contribution in [0, 0.1) is 10.8 Å². The third-order valence-electron chi connectivity index (χ3n) is 3.46. The van der Waals surface area contributed by atoms with Crippen LogP contribution >= 0.6 is 0 Å². The SMILES string of the molecule is CCOCCN(CC)CCCCC(C)(C)C(=N)N. The van der Waals surface area contributed by atoms with Crippen molar-refractivity contribution in [3.63, 3.8) is 0 Å². The summed E-state index contributed by atoms with van der Waals surface area (Å²) in [4.78, 5) is 2.41. The van der Waals surface area contributed by atoms with E-state index in [9.17, 15) is 0 Å². The van der Waals surface area contributed by atoms with Crippen LogP contribution in [0.25, 0.3) is 0 Å². The Morgan fingerprint density at radius 2 is 1.89 bits per heavy atom. The molecule has 0 aromatic carbocycles. The highest BCUT2D eigenvalue weighted by Crippen LogP contribution is 2.22. The lowest BCUT2D eigenvalue weighted by atomic mass is 9.86. The lowest BCUT2D eigenvalue weighted by Gasteiger charge is -2.24. The monoisotopic (exact) mass is 257 g/mol. The fraction of sp³-hybridized carbons (Fsp3) is 0.929. The van der Waals surface area contributed by atoms with Crippen molar-refractivity contribution in [3.8, 4) is 0 Å². The summed E-state index contributed by atoms with van der Waals surface area (Å²) >= 11 is 0. The zero-order chi connectivity index (χ0) is 14.0. The first-order chi connectivity index (χ1) is 8.44. The minimum atomic E-state index is -0.150. The third kappa shape index (κ3) is 7.67. The number of unbranched alkanes of at least 4 members (excludes halogenated alkanes) is 1. The minimum absolute atomic E-state index is 0.150. The highest BCUT2D eigenvalue weighted by Gasteiger charge is 2.20. The van der Waals surface area contributed by atoms with Gasteiger partial charge in [-0.15, -0.1) is 0 Å². The molecule has 4 heteroatoms. The summed E-state index contributed by atoms with van der Waals surface area (Å²) < 4.78 is 5.37. The molecule has 18 heavy (non-hydrogen) atoms. The number of nitrogens with one attached hydrogen (secondary N) is 1. The van der Waals surface area contributed by atoms with E-state index < -0.39 is 0 Å². The van der Waals surface area contributed by atoms with Gasteiger partial charge in [-0.3, -0.25) is 5.41 Å². The molecule has 0 aliphatic carbocycles. The molecule has 0 aliphatic rings. The zero-order valence-corrected chi connectivity index (χ0v) is 12.6. The van der Waals surface area contributed by atoms with Crippen molar-refractivity contribution < 1.29 is 4.74 Å². The second-order valence-electron chi connectivity index (χ2n) is 5.39. The average Bonchev–Trinajstić information content (AvgIpc) is 2.32. The van der Waals surface area contributed by atoms with Gasteiger partial charge in [0.05, 0.1) is 12.4 Å². The topological polar surface area (TPSA) is 62.3 Å². The first kappa shape index (κ1) is 17.4. The van der Waals surface area contributed by atoms with Gasteiger partial charge in [-0.1, -0.05) is 27.2 Å². The van der Waals surface area contributed by atoms with Crippen LogP contribution in [0.15, 0.2) is 0 Å². The van der Waals surface area contributed by atoms with Crippen LogP contribution in [0.2, 0.25) is 0 Å². The van der Waals surface area contributed by atoms with Crippen LogP contribution in [0.1, 0.15) is 47.0 Å². The lowest BCUT2D eigenvalue weighted by molar-refractivity contribution is 0.114. The molecule has 0 spiro atoms. The van der Waals surface area contributed by atoms with Gasteiger partial charge in [-0.05, 0) is 32.9 Å². The molecular formula is C14H31N3O. The second kappa shape index (κ2) is 9.34. The van der Waals surface area contributed by atoms with Gasteiger partial charge in [0, 0.05) is 18.6 Å². The van der Waals surface area contributed by atoms with E-state index in [2.05, 4.69) is 11.8 Å². The van der Waals surface area contributed by atoms with Crippen LogP contribution < -0.4 is 5.73 Å². The molecule has 0 bridgehead atoms. The number of amidine groups is 1. The van der Waals surface area contributed by atoms with E-state index in [4.69, 9.17) is 15.9 Å². The number of ether oxygens (including phenoxy) is 1. The molecule has 0 unspecified atom stereocenters. The van der Waals surface area contributed by atoms with E-state index in [-0.39, 0.29) is 5.41 Å². The first-order valence-corrected chi connectivity index (χ1v) is 7.08. The Balaban J connectivity index is 3.71. The highest BCUT2D eigenvalue weighted by atomic mass is 16.5. The van der Waals surface area contributed by atoms with Crippen molar-refractivity contribution >= 4 is 5.84 Å². The molecule has 108 valence electrons. The molecule has 3 N–H and O–H groups in total. The van der Waals surface area contributed by atoms with Gasteiger partial charge in [0.15, 0.2) is 0 Å². The Hall–Kier alpha value is -0.610. The highest BCUT2D eigenvalue weighted by molar-refractivity contribution is 5.82. The molecular weight excluding hydrogens is 226 g/mol. The van der Waals surface area contributed by atoms with Gasteiger partial charge in [-0.25, -0.2) is 0 Å². The molecule has 0 aromatic rings. The van der Waals surface area contributed by atoms with E-state index in [1.54, 1.807) is 0 Å². The molecule has 0 amide bonds. The van der Waals surface area contributed by atoms with Crippen molar-refractivity contribution in [3.05, 3.63) is 0 Å². The lowest BCUT2D eigenvalue weighted by Crippen LogP contribution is -2.31. The normalized spacial score (nSPS) is 12.1. The Labute approximate surface area is 112 Å². The van der Waals surface area contributed by atoms with E-state index in [0.29, 0.717) is 5.84 Å². The number of likely N-dealkylation sites (N-methyl/N-ethyl adjacent to an activating group) is 1. The van der Waals surface area contributed by atoms with E-state index in [0.717, 1.165) is 52.1 Å². The fourth-order valence-corrected chi connectivity index (χ4v) is 1.80. The van der Waals surface area contributed by atoms with Crippen LogP contribution in [0.3, 0.4) is 0 Å². The van der Waals surface area contributed by atoms with Gasteiger partial charge >= 0.3 is 0 Å². The molecule has 0 saturated heterocycles. The van der Waals surface area contributed by atoms with Gasteiger partial charge in [0.25, 0.3) is 0 Å². The molecule has 0 atom stereocenters. The minimum Gasteiger partial charge on any atom is -0.387 e. The summed E-state index contributed by atoms with van der Waals surface area (Å²) in [5.74, 6) is 0.297. The maximum Gasteiger partial charge on any atom is 0.0963 e. The summed E-state index contributed by atoms with van der Waals surface area (Å²) in [7, 11) is 0. The molecule has 0 aromatic heterocycles. The van der Waals surface area contributed by atoms with Crippen LogP contribution in [-0.4, -0.2) is 43.6 Å². The first-order valence-electron chi connectivity index (χ1n) is 7.08. The number of nitrogens with zero attached hydrogens (tertiary/aromatic N) is 1. The summed E-state index contributed by atoms with van der Waals surface area (Å²) in [6, 6.07) is 0. The Kier molecular flexibility index (Phi) is 9.02. The predicted molar refractivity (Wildman–Crippen MR) is 78.2 cm³/mol. The van der Waals surface area contributed by atoms with Gasteiger partial charge in [0.1, 0.15) is 0 Å². The number of nitrogens with two attached hydrogens (primary N) is 1. The molecule has 0 aliphatic heterocycles. The Morgan fingerprint density at radius 3 is 2.39 bits per heavy atom. The van der Waals surface area contributed by atoms with Gasteiger partial charge in [-0.2, -0.15) is 0 Å². The van der Waals surface area contributed by atoms with Crippen molar-refractivity contribution in [2.45, 2.75) is 47.0 Å². The molecule has 0 radical (unpaired) electrons. The number of hydrogen-bond acceptors (Lipinski definition) is 3. The maximum absolute atomic E-state index is 7.52. The van der Waals surface area contributed by atoms with E-state index >= 15 is 0 Å². The molecule has 4 nitrogen and oxygen atoms in total. The summed E-state index contributed by atoms with van der Waals surface area (Å²) in [6.45, 7) is 13.1. The standard InChI is InChI=1S/C14H31N3O/c1-5-17(11-12-18-6-2)10-8-7-9-14(3,4)13(15)16/h5-12H2,1-4H3,(H3,15,16). The zero-order valence-electron chi connectivity index (χ0n) is 12.6. The summed E-state index contributed by atoms with van der Waals surface area (Å²) in [6.07, 6.45) is 3.28. The third-order valence-corrected chi connectivity index (χ3v) is 3.46. The Morgan fingerprint density at radius 1 is 1.22 bits per heavy atom. The van der Waals surface area contributed by atoms with Crippen LogP contribution in [0.5, 0.6) is 0 Å². The van der Waals surface area contributed by atoms with E-state index in [1.807, 2.05) is 20.8 Å². The molecule has 0 saturated carbocycles. The number of rotatable bonds is 11. The molecule has 0 fully saturated rings. The second-order valence-corrected chi connectivity index (χ2v) is 5.39. The average molecular weight is 257 g/mol. The quantitative estimate of drug-likeness (QED) is 0.339. The molecule has 0 heterocycles. The maximum atomic E-state index is 7.52. The fourth-order valence-electron chi connectivity index (χ4n) is 1.80. The van der Waals surface area contributed by atoms with Crippen molar-refractivity contribution in [1.82, 2.24) is 4.90 Å². The van der Waals surface area contributed by atoms with Gasteiger partial charge in [0.2, 0.25) is 0 Å². The Bertz CT molecular complexity index is 229. The van der Waals surface area contributed by atoms with E-state index in [1.165, 1.54) is 0 Å². The largest absolute Gasteiger partial charge is 0.387 e. The van der Waals surface area contributed by atoms with Crippen molar-refractivity contribution in [1.29, 1.82) is 5.41 Å². The molecule has 0 rings (SSSR count). The number of hydrogen-bond donors (Lipinski definition) is 2. The summed E-state index contributed by atoms with van der Waals surface area (Å²) in [5.41, 5.74) is 5.43. The summed E-state index contributed by atoms with van der Waals surface area (Å²) in [5, 5.41) is 7.52. The van der Waals surface area contributed by atoms with Gasteiger partial charge < -0.3 is 15.4 Å². The smallest absolute Gasteiger partial charge is 0.0963 e. The predicted octanol–water partition coefficient (Wildman–Crippen LogP) is 2.48.